The lowest BCUT2D eigenvalue weighted by molar-refractivity contribution is 0.569. The molecule has 4 aromatic rings. The molecular weight excluding hydrogens is 422 g/mol. The number of fused-ring (bicyclic) bond motifs is 1. The van der Waals surface area contributed by atoms with Crippen LogP contribution >= 0.6 is 11.6 Å². The van der Waals surface area contributed by atoms with E-state index in [2.05, 4.69) is 15.0 Å². The van der Waals surface area contributed by atoms with Crippen molar-refractivity contribution in [2.45, 2.75) is 19.3 Å². The number of nitrogens with two attached hydrogens (primary N) is 1. The molecule has 6 nitrogen and oxygen atoms in total. The SMILES string of the molecule is Nc1c2c(-c3ccc(F)c(Cl)c3)nc(N3CCCCC3)nc2nn1-c1ccc(F)cc1. The van der Waals surface area contributed by atoms with Gasteiger partial charge in [0.2, 0.25) is 5.95 Å². The highest BCUT2D eigenvalue weighted by Gasteiger charge is 2.22. The molecule has 0 bridgehead atoms. The number of anilines is 2. The van der Waals surface area contributed by atoms with Gasteiger partial charge in [-0.3, -0.25) is 0 Å². The molecule has 2 aromatic carbocycles. The summed E-state index contributed by atoms with van der Waals surface area (Å²) in [4.78, 5) is 11.6. The Morgan fingerprint density at radius 1 is 0.935 bits per heavy atom. The Bertz CT molecular complexity index is 1270. The van der Waals surface area contributed by atoms with Crippen LogP contribution in [0.3, 0.4) is 0 Å². The minimum atomic E-state index is -0.512. The average Bonchev–Trinajstić information content (AvgIpc) is 3.12. The second kappa shape index (κ2) is 7.77. The number of rotatable bonds is 3. The molecule has 0 aliphatic carbocycles. The molecule has 2 N–H and O–H groups in total. The van der Waals surface area contributed by atoms with Gasteiger partial charge in [-0.15, -0.1) is 5.10 Å². The van der Waals surface area contributed by atoms with Crippen LogP contribution in [0.25, 0.3) is 28.0 Å². The summed E-state index contributed by atoms with van der Waals surface area (Å²) in [5, 5.41) is 5.11. The molecule has 0 radical (unpaired) electrons. The molecule has 2 aromatic heterocycles. The van der Waals surface area contributed by atoms with Gasteiger partial charge in [-0.1, -0.05) is 11.6 Å². The van der Waals surface area contributed by atoms with E-state index in [0.29, 0.717) is 39.7 Å². The van der Waals surface area contributed by atoms with Crippen LogP contribution in [0.1, 0.15) is 19.3 Å². The molecule has 158 valence electrons. The quantitative estimate of drug-likeness (QED) is 0.486. The number of hydrogen-bond donors (Lipinski definition) is 1. The van der Waals surface area contributed by atoms with Crippen LogP contribution in [-0.2, 0) is 0 Å². The normalized spacial score (nSPS) is 14.4. The van der Waals surface area contributed by atoms with Crippen molar-refractivity contribution in [1.82, 2.24) is 19.7 Å². The van der Waals surface area contributed by atoms with Gasteiger partial charge in [0.05, 0.1) is 21.8 Å². The van der Waals surface area contributed by atoms with Crippen molar-refractivity contribution in [3.8, 4) is 16.9 Å². The minimum absolute atomic E-state index is 0.00622. The van der Waals surface area contributed by atoms with E-state index in [4.69, 9.17) is 22.3 Å². The molecule has 0 amide bonds. The number of aromatic nitrogens is 4. The lowest BCUT2D eigenvalue weighted by atomic mass is 10.1. The molecule has 0 saturated carbocycles. The fourth-order valence-electron chi connectivity index (χ4n) is 3.87. The molecule has 5 rings (SSSR count). The largest absolute Gasteiger partial charge is 0.383 e. The summed E-state index contributed by atoms with van der Waals surface area (Å²) >= 11 is 6.04. The predicted molar refractivity (Wildman–Crippen MR) is 117 cm³/mol. The first kappa shape index (κ1) is 19.7. The second-order valence-corrected chi connectivity index (χ2v) is 7.93. The molecule has 0 spiro atoms. The van der Waals surface area contributed by atoms with Gasteiger partial charge in [-0.2, -0.15) is 4.98 Å². The van der Waals surface area contributed by atoms with Gasteiger partial charge in [0, 0.05) is 18.7 Å². The Morgan fingerprint density at radius 2 is 1.68 bits per heavy atom. The molecule has 3 heterocycles. The first-order valence-corrected chi connectivity index (χ1v) is 10.4. The monoisotopic (exact) mass is 440 g/mol. The number of nitrogen functional groups attached to an aromatic ring is 1. The Hall–Kier alpha value is -3.26. The summed E-state index contributed by atoms with van der Waals surface area (Å²) in [7, 11) is 0. The van der Waals surface area contributed by atoms with E-state index in [9.17, 15) is 8.78 Å². The van der Waals surface area contributed by atoms with Crippen LogP contribution < -0.4 is 10.6 Å². The van der Waals surface area contributed by atoms with Crippen molar-refractivity contribution in [2.75, 3.05) is 23.7 Å². The Morgan fingerprint density at radius 3 is 2.39 bits per heavy atom. The third-order valence-corrected chi connectivity index (χ3v) is 5.75. The number of hydrogen-bond acceptors (Lipinski definition) is 5. The molecule has 1 aliphatic heterocycles. The standard InChI is InChI=1S/C22H19ClF2N6/c23-16-12-13(4-9-17(16)25)19-18-20(26)31(15-7-5-14(24)6-8-15)29-21(18)28-22(27-19)30-10-2-1-3-11-30/h4-9,12H,1-3,10-11,26H2. The van der Waals surface area contributed by atoms with Gasteiger partial charge >= 0.3 is 0 Å². The summed E-state index contributed by atoms with van der Waals surface area (Å²) < 4.78 is 28.7. The highest BCUT2D eigenvalue weighted by atomic mass is 35.5. The number of benzene rings is 2. The van der Waals surface area contributed by atoms with Crippen LogP contribution in [0.4, 0.5) is 20.5 Å². The second-order valence-electron chi connectivity index (χ2n) is 7.52. The van der Waals surface area contributed by atoms with E-state index >= 15 is 0 Å². The summed E-state index contributed by atoms with van der Waals surface area (Å²) in [5.74, 6) is -0.0107. The van der Waals surface area contributed by atoms with Gasteiger partial charge < -0.3 is 10.6 Å². The van der Waals surface area contributed by atoms with Gasteiger partial charge in [-0.05, 0) is 61.7 Å². The van der Waals surface area contributed by atoms with E-state index in [1.165, 1.54) is 35.4 Å². The summed E-state index contributed by atoms with van der Waals surface area (Å²) in [6, 6.07) is 10.3. The molecule has 1 aliphatic rings. The third-order valence-electron chi connectivity index (χ3n) is 5.46. The third kappa shape index (κ3) is 3.57. The first-order chi connectivity index (χ1) is 15.0. The fourth-order valence-corrected chi connectivity index (χ4v) is 4.05. The molecule has 0 unspecified atom stereocenters. The number of nitrogens with zero attached hydrogens (tertiary/aromatic N) is 5. The smallest absolute Gasteiger partial charge is 0.228 e. The van der Waals surface area contributed by atoms with Crippen molar-refractivity contribution in [3.05, 3.63) is 59.1 Å². The van der Waals surface area contributed by atoms with Gasteiger partial charge in [-0.25, -0.2) is 18.4 Å². The predicted octanol–water partition coefficient (Wildman–Crippen LogP) is 4.99. The highest BCUT2D eigenvalue weighted by molar-refractivity contribution is 6.31. The van der Waals surface area contributed by atoms with Crippen LogP contribution in [0, 0.1) is 11.6 Å². The van der Waals surface area contributed by atoms with Gasteiger partial charge in [0.25, 0.3) is 0 Å². The van der Waals surface area contributed by atoms with E-state index in [0.717, 1.165) is 25.9 Å². The van der Waals surface area contributed by atoms with Crippen molar-refractivity contribution >= 4 is 34.4 Å². The van der Waals surface area contributed by atoms with Crippen molar-refractivity contribution in [3.63, 3.8) is 0 Å². The lowest BCUT2D eigenvalue weighted by Crippen LogP contribution is -2.31. The number of halogens is 3. The van der Waals surface area contributed by atoms with Crippen LogP contribution in [0.2, 0.25) is 5.02 Å². The van der Waals surface area contributed by atoms with Crippen molar-refractivity contribution in [2.24, 2.45) is 0 Å². The fraction of sp³-hybridized carbons (Fsp3) is 0.227. The highest BCUT2D eigenvalue weighted by Crippen LogP contribution is 2.35. The summed E-state index contributed by atoms with van der Waals surface area (Å²) in [5.41, 5.74) is 8.60. The topological polar surface area (TPSA) is 72.9 Å². The van der Waals surface area contributed by atoms with E-state index < -0.39 is 5.82 Å². The lowest BCUT2D eigenvalue weighted by Gasteiger charge is -2.26. The molecule has 31 heavy (non-hydrogen) atoms. The molecular formula is C22H19ClF2N6. The minimum Gasteiger partial charge on any atom is -0.383 e. The summed E-state index contributed by atoms with van der Waals surface area (Å²) in [6.45, 7) is 1.70. The molecule has 9 heteroatoms. The maximum Gasteiger partial charge on any atom is 0.228 e. The Balaban J connectivity index is 1.74. The zero-order chi connectivity index (χ0) is 21.5. The zero-order valence-electron chi connectivity index (χ0n) is 16.5. The number of piperidine rings is 1. The van der Waals surface area contributed by atoms with E-state index in [1.54, 1.807) is 18.2 Å². The maximum atomic E-state index is 13.8. The van der Waals surface area contributed by atoms with Crippen LogP contribution in [0.15, 0.2) is 42.5 Å². The average molecular weight is 441 g/mol. The van der Waals surface area contributed by atoms with Crippen molar-refractivity contribution < 1.29 is 8.78 Å². The van der Waals surface area contributed by atoms with Gasteiger partial charge in [0.1, 0.15) is 17.5 Å². The first-order valence-electron chi connectivity index (χ1n) is 10.0. The Kier molecular flexibility index (Phi) is 4.94. The van der Waals surface area contributed by atoms with Crippen molar-refractivity contribution in [1.29, 1.82) is 0 Å². The molecule has 1 fully saturated rings. The zero-order valence-corrected chi connectivity index (χ0v) is 17.3. The molecule has 1 saturated heterocycles. The van der Waals surface area contributed by atoms with Crippen LogP contribution in [-0.4, -0.2) is 32.8 Å². The Labute approximate surface area is 182 Å². The van der Waals surface area contributed by atoms with E-state index in [-0.39, 0.29) is 10.8 Å². The van der Waals surface area contributed by atoms with E-state index in [1.807, 2.05) is 0 Å². The van der Waals surface area contributed by atoms with Crippen LogP contribution in [0.5, 0.6) is 0 Å². The maximum absolute atomic E-state index is 13.8. The molecule has 0 atom stereocenters. The summed E-state index contributed by atoms with van der Waals surface area (Å²) in [6.07, 6.45) is 3.29. The van der Waals surface area contributed by atoms with Gasteiger partial charge in [0.15, 0.2) is 5.65 Å².